The average molecular weight is 312 g/mol. The van der Waals surface area contributed by atoms with Gasteiger partial charge in [0.2, 0.25) is 0 Å². The number of nitrogens with one attached hydrogen (secondary N) is 2. The summed E-state index contributed by atoms with van der Waals surface area (Å²) >= 11 is 0. The molecule has 0 aliphatic rings. The van der Waals surface area contributed by atoms with Crippen LogP contribution in [0, 0.1) is 0 Å². The summed E-state index contributed by atoms with van der Waals surface area (Å²) in [6.07, 6.45) is 5.27. The summed E-state index contributed by atoms with van der Waals surface area (Å²) in [7, 11) is 0. The van der Waals surface area contributed by atoms with Crippen LogP contribution >= 0.6 is 0 Å². The fourth-order valence-electron chi connectivity index (χ4n) is 2.22. The first-order valence-corrected chi connectivity index (χ1v) is 8.02. The predicted octanol–water partition coefficient (Wildman–Crippen LogP) is 3.20. The van der Waals surface area contributed by atoms with Gasteiger partial charge >= 0.3 is 0 Å². The van der Waals surface area contributed by atoms with Crippen LogP contribution in [0.5, 0.6) is 0 Å². The van der Waals surface area contributed by atoms with E-state index in [-0.39, 0.29) is 5.91 Å². The van der Waals surface area contributed by atoms with Crippen molar-refractivity contribution in [3.05, 3.63) is 53.7 Å². The van der Waals surface area contributed by atoms with Crippen molar-refractivity contribution in [3.8, 4) is 0 Å². The van der Waals surface area contributed by atoms with Crippen LogP contribution in [-0.2, 0) is 6.54 Å². The molecule has 0 unspecified atom stereocenters. The second-order valence-corrected chi connectivity index (χ2v) is 5.47. The number of hydrogen-bond acceptors (Lipinski definition) is 4. The molecular formula is C18H24N4O. The number of nitrogen functional groups attached to an aromatic ring is 1. The fraction of sp³-hybridized carbons (Fsp3) is 0.333. The molecule has 0 saturated heterocycles. The van der Waals surface area contributed by atoms with Gasteiger partial charge in [0.25, 0.3) is 5.91 Å². The summed E-state index contributed by atoms with van der Waals surface area (Å²) in [5, 5.41) is 6.18. The first-order valence-electron chi connectivity index (χ1n) is 8.02. The van der Waals surface area contributed by atoms with Crippen LogP contribution < -0.4 is 16.4 Å². The van der Waals surface area contributed by atoms with E-state index in [0.29, 0.717) is 17.1 Å². The van der Waals surface area contributed by atoms with E-state index in [0.717, 1.165) is 13.1 Å². The van der Waals surface area contributed by atoms with E-state index in [2.05, 4.69) is 22.5 Å². The third-order valence-electron chi connectivity index (χ3n) is 3.59. The van der Waals surface area contributed by atoms with E-state index >= 15 is 0 Å². The molecule has 2 rings (SSSR count). The Balaban J connectivity index is 1.86. The Labute approximate surface area is 137 Å². The van der Waals surface area contributed by atoms with E-state index in [9.17, 15) is 4.79 Å². The zero-order valence-corrected chi connectivity index (χ0v) is 13.5. The molecule has 0 bridgehead atoms. The van der Waals surface area contributed by atoms with Crippen LogP contribution in [0.2, 0.25) is 0 Å². The molecule has 1 heterocycles. The average Bonchev–Trinajstić information content (AvgIpc) is 2.57. The van der Waals surface area contributed by atoms with Crippen LogP contribution in [0.1, 0.15) is 42.1 Å². The third-order valence-corrected chi connectivity index (χ3v) is 3.59. The summed E-state index contributed by atoms with van der Waals surface area (Å²) in [6.45, 7) is 4.04. The molecule has 0 radical (unpaired) electrons. The zero-order valence-electron chi connectivity index (χ0n) is 13.5. The molecule has 1 aromatic heterocycles. The standard InChI is InChI=1S/C18H24N4O/c1-2-3-4-11-20-13-14-7-9-15(10-8-14)18(23)22-16-6-5-12-21-17(16)19/h5-10,12,20H,2-4,11,13H2,1H3,(H2,19,21)(H,22,23). The Hall–Kier alpha value is -2.40. The minimum atomic E-state index is -0.188. The molecular weight excluding hydrogens is 288 g/mol. The molecule has 5 nitrogen and oxygen atoms in total. The molecule has 1 amide bonds. The van der Waals surface area contributed by atoms with Gasteiger partial charge in [0.1, 0.15) is 5.82 Å². The monoisotopic (exact) mass is 312 g/mol. The lowest BCUT2D eigenvalue weighted by Crippen LogP contribution is -2.15. The van der Waals surface area contributed by atoms with E-state index in [1.807, 2.05) is 24.3 Å². The van der Waals surface area contributed by atoms with Crippen molar-refractivity contribution in [2.24, 2.45) is 0 Å². The molecule has 0 aliphatic carbocycles. The number of benzene rings is 1. The Morgan fingerprint density at radius 2 is 1.96 bits per heavy atom. The molecule has 0 fully saturated rings. The highest BCUT2D eigenvalue weighted by atomic mass is 16.1. The van der Waals surface area contributed by atoms with E-state index in [1.54, 1.807) is 18.3 Å². The zero-order chi connectivity index (χ0) is 16.5. The number of hydrogen-bond donors (Lipinski definition) is 3. The number of carbonyl (C=O) groups excluding carboxylic acids is 1. The van der Waals surface area contributed by atoms with E-state index < -0.39 is 0 Å². The number of rotatable bonds is 8. The highest BCUT2D eigenvalue weighted by Crippen LogP contribution is 2.15. The maximum Gasteiger partial charge on any atom is 0.255 e. The largest absolute Gasteiger partial charge is 0.382 e. The van der Waals surface area contributed by atoms with Crippen LogP contribution in [0.15, 0.2) is 42.6 Å². The second kappa shape index (κ2) is 8.90. The summed E-state index contributed by atoms with van der Waals surface area (Å²) in [5.41, 5.74) is 8.02. The number of nitrogens with two attached hydrogens (primary N) is 1. The van der Waals surface area contributed by atoms with Crippen molar-refractivity contribution >= 4 is 17.4 Å². The molecule has 2 aromatic rings. The Morgan fingerprint density at radius 3 is 2.65 bits per heavy atom. The molecule has 0 spiro atoms. The number of amides is 1. The van der Waals surface area contributed by atoms with Gasteiger partial charge in [-0.15, -0.1) is 0 Å². The number of unbranched alkanes of at least 4 members (excludes halogenated alkanes) is 2. The van der Waals surface area contributed by atoms with Crippen LogP contribution in [0.3, 0.4) is 0 Å². The molecule has 0 aliphatic heterocycles. The van der Waals surface area contributed by atoms with Gasteiger partial charge in [-0.25, -0.2) is 4.98 Å². The first kappa shape index (κ1) is 17.0. The highest BCUT2D eigenvalue weighted by molar-refractivity contribution is 6.05. The predicted molar refractivity (Wildman–Crippen MR) is 94.3 cm³/mol. The first-order chi connectivity index (χ1) is 11.2. The minimum Gasteiger partial charge on any atom is -0.382 e. The lowest BCUT2D eigenvalue weighted by Gasteiger charge is -2.08. The molecule has 0 atom stereocenters. The molecule has 4 N–H and O–H groups in total. The third kappa shape index (κ3) is 5.38. The van der Waals surface area contributed by atoms with Crippen LogP contribution in [-0.4, -0.2) is 17.4 Å². The Morgan fingerprint density at radius 1 is 1.17 bits per heavy atom. The van der Waals surface area contributed by atoms with Crippen LogP contribution in [0.4, 0.5) is 11.5 Å². The molecule has 23 heavy (non-hydrogen) atoms. The normalized spacial score (nSPS) is 10.5. The lowest BCUT2D eigenvalue weighted by molar-refractivity contribution is 0.102. The van der Waals surface area contributed by atoms with Crippen molar-refractivity contribution in [1.82, 2.24) is 10.3 Å². The second-order valence-electron chi connectivity index (χ2n) is 5.47. The summed E-state index contributed by atoms with van der Waals surface area (Å²) in [6, 6.07) is 11.0. The Kier molecular flexibility index (Phi) is 6.56. The summed E-state index contributed by atoms with van der Waals surface area (Å²) < 4.78 is 0. The van der Waals surface area contributed by atoms with Gasteiger partial charge in [0.05, 0.1) is 5.69 Å². The van der Waals surface area contributed by atoms with Crippen LogP contribution in [0.25, 0.3) is 0 Å². The van der Waals surface area contributed by atoms with Gasteiger partial charge in [0, 0.05) is 18.3 Å². The number of carbonyl (C=O) groups is 1. The molecule has 1 aromatic carbocycles. The number of nitrogens with zero attached hydrogens (tertiary/aromatic N) is 1. The molecule has 5 heteroatoms. The van der Waals surface area contributed by atoms with Gasteiger partial charge < -0.3 is 16.4 Å². The van der Waals surface area contributed by atoms with Crippen molar-refractivity contribution in [2.75, 3.05) is 17.6 Å². The number of pyridine rings is 1. The van der Waals surface area contributed by atoms with Gasteiger partial charge in [0.15, 0.2) is 0 Å². The minimum absolute atomic E-state index is 0.188. The smallest absolute Gasteiger partial charge is 0.255 e. The lowest BCUT2D eigenvalue weighted by atomic mass is 10.1. The van der Waals surface area contributed by atoms with E-state index in [4.69, 9.17) is 5.73 Å². The topological polar surface area (TPSA) is 80.0 Å². The number of aromatic nitrogens is 1. The maximum absolute atomic E-state index is 12.2. The van der Waals surface area contributed by atoms with Gasteiger partial charge in [-0.2, -0.15) is 0 Å². The van der Waals surface area contributed by atoms with Crippen molar-refractivity contribution < 1.29 is 4.79 Å². The van der Waals surface area contributed by atoms with E-state index in [1.165, 1.54) is 24.8 Å². The fourth-order valence-corrected chi connectivity index (χ4v) is 2.22. The Bertz CT molecular complexity index is 625. The molecule has 0 saturated carbocycles. The summed E-state index contributed by atoms with van der Waals surface area (Å²) in [5.74, 6) is 0.126. The van der Waals surface area contributed by atoms with Crippen molar-refractivity contribution in [3.63, 3.8) is 0 Å². The van der Waals surface area contributed by atoms with Crippen molar-refractivity contribution in [2.45, 2.75) is 32.7 Å². The highest BCUT2D eigenvalue weighted by Gasteiger charge is 2.08. The van der Waals surface area contributed by atoms with Crippen molar-refractivity contribution in [1.29, 1.82) is 0 Å². The quantitative estimate of drug-likeness (QED) is 0.654. The van der Waals surface area contributed by atoms with Gasteiger partial charge in [-0.3, -0.25) is 4.79 Å². The van der Waals surface area contributed by atoms with Gasteiger partial charge in [-0.05, 0) is 42.8 Å². The maximum atomic E-state index is 12.2. The van der Waals surface area contributed by atoms with Gasteiger partial charge in [-0.1, -0.05) is 31.9 Å². The number of anilines is 2. The SMILES string of the molecule is CCCCCNCc1ccc(C(=O)Nc2cccnc2N)cc1. The molecule has 122 valence electrons. The summed E-state index contributed by atoms with van der Waals surface area (Å²) in [4.78, 5) is 16.1.